The Labute approximate surface area is 97.5 Å². The molecule has 0 saturated carbocycles. The monoisotopic (exact) mass is 229 g/mol. The number of piperidine rings is 1. The number of nitrogens with zero attached hydrogens (tertiary/aromatic N) is 1. The fourth-order valence-corrected chi connectivity index (χ4v) is 2.73. The molecule has 2 aliphatic rings. The molecule has 16 heavy (non-hydrogen) atoms. The van der Waals surface area contributed by atoms with E-state index in [0.29, 0.717) is 25.2 Å². The van der Waals surface area contributed by atoms with Gasteiger partial charge in [0.25, 0.3) is 0 Å². The second-order valence-electron chi connectivity index (χ2n) is 5.03. The minimum absolute atomic E-state index is 0.166. The van der Waals surface area contributed by atoms with Crippen molar-refractivity contribution in [2.75, 3.05) is 33.4 Å². The van der Waals surface area contributed by atoms with Crippen LogP contribution in [0.25, 0.3) is 0 Å². The molecular weight excluding hydrogens is 206 g/mol. The molecule has 0 spiro atoms. The molecule has 4 nitrogen and oxygen atoms in total. The van der Waals surface area contributed by atoms with Crippen molar-refractivity contribution in [3.63, 3.8) is 0 Å². The molecule has 0 aromatic rings. The number of hydrogen-bond acceptors (Lipinski definition) is 4. The highest BCUT2D eigenvalue weighted by atomic mass is 16.5. The highest BCUT2D eigenvalue weighted by Gasteiger charge is 2.34. The lowest BCUT2D eigenvalue weighted by Crippen LogP contribution is -2.55. The quantitative estimate of drug-likeness (QED) is 0.748. The lowest BCUT2D eigenvalue weighted by atomic mass is 9.93. The van der Waals surface area contributed by atoms with E-state index in [1.807, 2.05) is 0 Å². The van der Waals surface area contributed by atoms with Crippen LogP contribution in [0.5, 0.6) is 0 Å². The first-order valence-electron chi connectivity index (χ1n) is 6.25. The minimum atomic E-state index is -0.236. The van der Waals surface area contributed by atoms with E-state index >= 15 is 0 Å². The number of rotatable bonds is 2. The predicted octanol–water partition coefficient (Wildman–Crippen LogP) is 0.493. The number of aliphatic hydroxyl groups is 1. The molecule has 0 aromatic carbocycles. The Kier molecular flexibility index (Phi) is 4.19. The van der Waals surface area contributed by atoms with Gasteiger partial charge in [0.1, 0.15) is 0 Å². The molecule has 4 atom stereocenters. The van der Waals surface area contributed by atoms with Crippen LogP contribution in [-0.2, 0) is 9.47 Å². The van der Waals surface area contributed by atoms with Gasteiger partial charge in [-0.25, -0.2) is 0 Å². The Morgan fingerprint density at radius 2 is 2.19 bits per heavy atom. The molecule has 0 bridgehead atoms. The van der Waals surface area contributed by atoms with Crippen LogP contribution in [0.3, 0.4) is 0 Å². The second-order valence-corrected chi connectivity index (χ2v) is 5.03. The van der Waals surface area contributed by atoms with Gasteiger partial charge in [-0.1, -0.05) is 6.92 Å². The molecule has 2 fully saturated rings. The van der Waals surface area contributed by atoms with Gasteiger partial charge in [0, 0.05) is 20.3 Å². The van der Waals surface area contributed by atoms with Crippen LogP contribution in [-0.4, -0.2) is 61.7 Å². The zero-order valence-corrected chi connectivity index (χ0v) is 10.3. The summed E-state index contributed by atoms with van der Waals surface area (Å²) in [5, 5.41) is 9.98. The van der Waals surface area contributed by atoms with Crippen LogP contribution >= 0.6 is 0 Å². The third-order valence-corrected chi connectivity index (χ3v) is 3.98. The molecule has 1 N–H and O–H groups in total. The molecule has 4 heteroatoms. The highest BCUT2D eigenvalue weighted by molar-refractivity contribution is 4.87. The van der Waals surface area contributed by atoms with Gasteiger partial charge in [0.05, 0.1) is 24.9 Å². The van der Waals surface area contributed by atoms with Gasteiger partial charge < -0.3 is 14.6 Å². The molecule has 0 amide bonds. The van der Waals surface area contributed by atoms with Crippen LogP contribution in [0, 0.1) is 5.92 Å². The van der Waals surface area contributed by atoms with E-state index in [9.17, 15) is 5.11 Å². The first-order chi connectivity index (χ1) is 7.72. The van der Waals surface area contributed by atoms with Gasteiger partial charge in [0.2, 0.25) is 0 Å². The average molecular weight is 229 g/mol. The van der Waals surface area contributed by atoms with E-state index < -0.39 is 0 Å². The molecule has 2 saturated heterocycles. The molecule has 0 radical (unpaired) electrons. The maximum Gasteiger partial charge on any atom is 0.0739 e. The number of likely N-dealkylation sites (tertiary alicyclic amines) is 1. The summed E-state index contributed by atoms with van der Waals surface area (Å²) in [6, 6.07) is 0.166. The zero-order valence-electron chi connectivity index (χ0n) is 10.3. The Hall–Kier alpha value is -0.160. The van der Waals surface area contributed by atoms with Gasteiger partial charge in [-0.15, -0.1) is 0 Å². The minimum Gasteiger partial charge on any atom is -0.391 e. The van der Waals surface area contributed by atoms with Crippen molar-refractivity contribution in [2.24, 2.45) is 5.92 Å². The van der Waals surface area contributed by atoms with Crippen molar-refractivity contribution < 1.29 is 14.6 Å². The number of methoxy groups -OCH3 is 1. The SMILES string of the molecule is COC1CN(C2COCCC2O)CCC1C. The number of aliphatic hydroxyl groups excluding tert-OH is 1. The molecule has 2 heterocycles. The van der Waals surface area contributed by atoms with Gasteiger partial charge in [-0.05, 0) is 25.3 Å². The molecule has 0 aromatic heterocycles. The standard InChI is InChI=1S/C12H23NO3/c1-9-3-5-13(7-12(9)15-2)10-8-16-6-4-11(10)14/h9-12,14H,3-8H2,1-2H3. The van der Waals surface area contributed by atoms with Crippen LogP contribution in [0.15, 0.2) is 0 Å². The summed E-state index contributed by atoms with van der Waals surface area (Å²) in [6.45, 7) is 5.55. The first kappa shape index (κ1) is 12.3. The molecule has 0 aliphatic carbocycles. The van der Waals surface area contributed by atoms with E-state index in [0.717, 1.165) is 25.9 Å². The molecular formula is C12H23NO3. The summed E-state index contributed by atoms with van der Waals surface area (Å²) >= 11 is 0. The second kappa shape index (κ2) is 5.45. The Morgan fingerprint density at radius 1 is 1.38 bits per heavy atom. The van der Waals surface area contributed by atoms with E-state index in [2.05, 4.69) is 11.8 Å². The zero-order chi connectivity index (χ0) is 11.5. The molecule has 2 aliphatic heterocycles. The maximum absolute atomic E-state index is 9.98. The smallest absolute Gasteiger partial charge is 0.0739 e. The van der Waals surface area contributed by atoms with E-state index in [-0.39, 0.29) is 12.1 Å². The van der Waals surface area contributed by atoms with Crippen LogP contribution in [0.1, 0.15) is 19.8 Å². The first-order valence-corrected chi connectivity index (χ1v) is 6.25. The third-order valence-electron chi connectivity index (χ3n) is 3.98. The van der Waals surface area contributed by atoms with E-state index in [1.165, 1.54) is 0 Å². The summed E-state index contributed by atoms with van der Waals surface area (Å²) in [7, 11) is 1.78. The maximum atomic E-state index is 9.98. The Bertz CT molecular complexity index is 224. The third kappa shape index (κ3) is 2.56. The van der Waals surface area contributed by atoms with Gasteiger partial charge >= 0.3 is 0 Å². The van der Waals surface area contributed by atoms with Crippen LogP contribution < -0.4 is 0 Å². The van der Waals surface area contributed by atoms with Crippen molar-refractivity contribution in [3.8, 4) is 0 Å². The van der Waals surface area contributed by atoms with Gasteiger partial charge in [-0.3, -0.25) is 4.90 Å². The normalized spacial score (nSPS) is 42.2. The van der Waals surface area contributed by atoms with Crippen molar-refractivity contribution in [1.29, 1.82) is 0 Å². The Morgan fingerprint density at radius 3 is 2.88 bits per heavy atom. The average Bonchev–Trinajstić information content (AvgIpc) is 2.31. The highest BCUT2D eigenvalue weighted by Crippen LogP contribution is 2.24. The van der Waals surface area contributed by atoms with Crippen molar-refractivity contribution in [2.45, 2.75) is 38.0 Å². The van der Waals surface area contributed by atoms with Crippen LogP contribution in [0.2, 0.25) is 0 Å². The molecule has 94 valence electrons. The predicted molar refractivity (Wildman–Crippen MR) is 61.4 cm³/mol. The summed E-state index contributed by atoms with van der Waals surface area (Å²) in [4.78, 5) is 2.33. The largest absolute Gasteiger partial charge is 0.391 e. The fourth-order valence-electron chi connectivity index (χ4n) is 2.73. The topological polar surface area (TPSA) is 41.9 Å². The summed E-state index contributed by atoms with van der Waals surface area (Å²) < 4.78 is 11.0. The van der Waals surface area contributed by atoms with Gasteiger partial charge in [-0.2, -0.15) is 0 Å². The van der Waals surface area contributed by atoms with Crippen molar-refractivity contribution in [3.05, 3.63) is 0 Å². The van der Waals surface area contributed by atoms with Crippen molar-refractivity contribution >= 4 is 0 Å². The lowest BCUT2D eigenvalue weighted by Gasteiger charge is -2.43. The number of hydrogen-bond donors (Lipinski definition) is 1. The van der Waals surface area contributed by atoms with Crippen LogP contribution in [0.4, 0.5) is 0 Å². The summed E-state index contributed by atoms with van der Waals surface area (Å²) in [5.41, 5.74) is 0. The summed E-state index contributed by atoms with van der Waals surface area (Å²) in [5.74, 6) is 0.614. The number of ether oxygens (including phenoxy) is 2. The van der Waals surface area contributed by atoms with E-state index in [4.69, 9.17) is 9.47 Å². The molecule has 2 rings (SSSR count). The Balaban J connectivity index is 1.93. The van der Waals surface area contributed by atoms with Gasteiger partial charge in [0.15, 0.2) is 0 Å². The van der Waals surface area contributed by atoms with Crippen molar-refractivity contribution in [1.82, 2.24) is 4.90 Å². The fraction of sp³-hybridized carbons (Fsp3) is 1.00. The lowest BCUT2D eigenvalue weighted by molar-refractivity contribution is -0.0932. The molecule has 4 unspecified atom stereocenters. The van der Waals surface area contributed by atoms with E-state index in [1.54, 1.807) is 7.11 Å². The summed E-state index contributed by atoms with van der Waals surface area (Å²) in [6.07, 6.45) is 1.96.